The van der Waals surface area contributed by atoms with E-state index in [9.17, 15) is 5.11 Å². The predicted molar refractivity (Wildman–Crippen MR) is 54.8 cm³/mol. The molecule has 0 aromatic rings. The number of hydrogen-bond acceptors (Lipinski definition) is 3. The van der Waals surface area contributed by atoms with Gasteiger partial charge in [0.25, 0.3) is 0 Å². The zero-order valence-corrected chi connectivity index (χ0v) is 9.26. The van der Waals surface area contributed by atoms with E-state index in [1.54, 1.807) is 0 Å². The second-order valence-electron chi connectivity index (χ2n) is 4.13. The highest BCUT2D eigenvalue weighted by atomic mass is 16.5. The third kappa shape index (κ3) is 6.02. The van der Waals surface area contributed by atoms with Crippen LogP contribution in [0.4, 0.5) is 0 Å². The van der Waals surface area contributed by atoms with Crippen molar-refractivity contribution in [3.8, 4) is 0 Å². The van der Waals surface area contributed by atoms with Crippen LogP contribution >= 0.6 is 0 Å². The Hall–Kier alpha value is -0.120. The Morgan fingerprint density at radius 2 is 2.08 bits per heavy atom. The van der Waals surface area contributed by atoms with Crippen molar-refractivity contribution in [2.24, 2.45) is 5.92 Å². The Morgan fingerprint density at radius 3 is 2.46 bits per heavy atom. The van der Waals surface area contributed by atoms with Crippen LogP contribution < -0.4 is 5.32 Å². The van der Waals surface area contributed by atoms with Gasteiger partial charge in [0.1, 0.15) is 0 Å². The molecule has 2 N–H and O–H groups in total. The largest absolute Gasteiger partial charge is 0.394 e. The summed E-state index contributed by atoms with van der Waals surface area (Å²) in [6.45, 7) is 10.5. The summed E-state index contributed by atoms with van der Waals surface area (Å²) in [6.07, 6.45) is 0. The van der Waals surface area contributed by atoms with Crippen molar-refractivity contribution in [3.63, 3.8) is 0 Å². The van der Waals surface area contributed by atoms with Gasteiger partial charge in [0.2, 0.25) is 0 Å². The van der Waals surface area contributed by atoms with Crippen molar-refractivity contribution in [1.82, 2.24) is 5.32 Å². The molecule has 0 saturated carbocycles. The van der Waals surface area contributed by atoms with E-state index >= 15 is 0 Å². The topological polar surface area (TPSA) is 41.5 Å². The lowest BCUT2D eigenvalue weighted by atomic mass is 10.0. The lowest BCUT2D eigenvalue weighted by Crippen LogP contribution is -2.50. The second-order valence-corrected chi connectivity index (χ2v) is 4.13. The molecular weight excluding hydrogens is 166 g/mol. The molecule has 13 heavy (non-hydrogen) atoms. The molecule has 0 rings (SSSR count). The van der Waals surface area contributed by atoms with Gasteiger partial charge in [-0.1, -0.05) is 13.8 Å². The first-order valence-electron chi connectivity index (χ1n) is 4.97. The summed E-state index contributed by atoms with van der Waals surface area (Å²) in [6, 6.07) is 0. The molecule has 80 valence electrons. The van der Waals surface area contributed by atoms with E-state index in [0.29, 0.717) is 19.1 Å². The normalized spacial score (nSPS) is 16.2. The molecule has 0 aliphatic carbocycles. The number of ether oxygens (including phenoxy) is 1. The van der Waals surface area contributed by atoms with Crippen molar-refractivity contribution >= 4 is 0 Å². The highest BCUT2D eigenvalue weighted by Crippen LogP contribution is 2.04. The molecule has 0 aliphatic rings. The summed E-state index contributed by atoms with van der Waals surface area (Å²) < 4.78 is 5.30. The lowest BCUT2D eigenvalue weighted by Gasteiger charge is -2.29. The number of aliphatic hydroxyl groups excluding tert-OH is 1. The van der Waals surface area contributed by atoms with Gasteiger partial charge in [-0.2, -0.15) is 0 Å². The molecule has 1 atom stereocenters. The molecule has 0 heterocycles. The average molecular weight is 189 g/mol. The fraction of sp³-hybridized carbons (Fsp3) is 1.00. The molecule has 0 bridgehead atoms. The first kappa shape index (κ1) is 12.9. The summed E-state index contributed by atoms with van der Waals surface area (Å²) in [5.41, 5.74) is -0.291. The third-order valence-corrected chi connectivity index (χ3v) is 1.91. The van der Waals surface area contributed by atoms with Crippen molar-refractivity contribution < 1.29 is 9.84 Å². The van der Waals surface area contributed by atoms with Crippen LogP contribution in [0.15, 0.2) is 0 Å². The monoisotopic (exact) mass is 189 g/mol. The number of rotatable bonds is 7. The van der Waals surface area contributed by atoms with E-state index < -0.39 is 0 Å². The van der Waals surface area contributed by atoms with Crippen LogP contribution in [0.1, 0.15) is 27.7 Å². The fourth-order valence-corrected chi connectivity index (χ4v) is 0.930. The van der Waals surface area contributed by atoms with Crippen molar-refractivity contribution in [1.29, 1.82) is 0 Å². The van der Waals surface area contributed by atoms with Gasteiger partial charge in [0.05, 0.1) is 18.8 Å². The first-order chi connectivity index (χ1) is 6.04. The molecule has 3 nitrogen and oxygen atoms in total. The van der Waals surface area contributed by atoms with E-state index in [0.717, 1.165) is 6.54 Å². The van der Waals surface area contributed by atoms with Crippen molar-refractivity contribution in [2.75, 3.05) is 26.4 Å². The quantitative estimate of drug-likeness (QED) is 0.628. The maximum atomic E-state index is 9.18. The minimum Gasteiger partial charge on any atom is -0.394 e. The Kier molecular flexibility index (Phi) is 6.29. The maximum absolute atomic E-state index is 9.18. The molecule has 0 amide bonds. The van der Waals surface area contributed by atoms with Gasteiger partial charge in [-0.05, 0) is 26.3 Å². The Bertz CT molecular complexity index is 128. The maximum Gasteiger partial charge on any atom is 0.0667 e. The zero-order valence-electron chi connectivity index (χ0n) is 9.26. The first-order valence-corrected chi connectivity index (χ1v) is 4.97. The third-order valence-electron chi connectivity index (χ3n) is 1.91. The minimum absolute atomic E-state index is 0.111. The van der Waals surface area contributed by atoms with Crippen LogP contribution in [-0.2, 0) is 4.74 Å². The summed E-state index contributed by atoms with van der Waals surface area (Å²) >= 11 is 0. The number of aliphatic hydroxyl groups is 1. The smallest absolute Gasteiger partial charge is 0.0667 e. The van der Waals surface area contributed by atoms with E-state index in [-0.39, 0.29) is 12.1 Å². The molecule has 0 saturated heterocycles. The van der Waals surface area contributed by atoms with Crippen LogP contribution in [0.2, 0.25) is 0 Å². The van der Waals surface area contributed by atoms with E-state index in [1.807, 2.05) is 13.8 Å². The molecule has 0 spiro atoms. The SMILES string of the molecule is CCOCC(C)(CO)NCC(C)C. The Balaban J connectivity index is 3.81. The van der Waals surface area contributed by atoms with Gasteiger partial charge >= 0.3 is 0 Å². The van der Waals surface area contributed by atoms with Crippen molar-refractivity contribution in [3.05, 3.63) is 0 Å². The summed E-state index contributed by atoms with van der Waals surface area (Å²) in [5.74, 6) is 0.590. The van der Waals surface area contributed by atoms with Gasteiger partial charge in [-0.3, -0.25) is 0 Å². The highest BCUT2D eigenvalue weighted by Gasteiger charge is 2.22. The van der Waals surface area contributed by atoms with E-state index in [4.69, 9.17) is 4.74 Å². The summed E-state index contributed by atoms with van der Waals surface area (Å²) in [4.78, 5) is 0. The number of nitrogens with one attached hydrogen (secondary N) is 1. The highest BCUT2D eigenvalue weighted by molar-refractivity contribution is 4.82. The molecular formula is C10H23NO2. The van der Waals surface area contributed by atoms with E-state index in [1.165, 1.54) is 0 Å². The molecule has 0 aromatic heterocycles. The molecule has 1 unspecified atom stereocenters. The molecule has 3 heteroatoms. The molecule has 0 fully saturated rings. The van der Waals surface area contributed by atoms with Gasteiger partial charge < -0.3 is 15.2 Å². The van der Waals surface area contributed by atoms with E-state index in [2.05, 4.69) is 19.2 Å². The van der Waals surface area contributed by atoms with Crippen LogP contribution in [-0.4, -0.2) is 37.0 Å². The van der Waals surface area contributed by atoms with Crippen LogP contribution in [0.3, 0.4) is 0 Å². The Morgan fingerprint density at radius 1 is 1.46 bits per heavy atom. The Labute approximate surface area is 81.5 Å². The van der Waals surface area contributed by atoms with Gasteiger partial charge in [0.15, 0.2) is 0 Å². The zero-order chi connectivity index (χ0) is 10.3. The molecule has 0 radical (unpaired) electrons. The standard InChI is InChI=1S/C10H23NO2/c1-5-13-8-10(4,7-12)11-6-9(2)3/h9,11-12H,5-8H2,1-4H3. The lowest BCUT2D eigenvalue weighted by molar-refractivity contribution is 0.0491. The van der Waals surface area contributed by atoms with Crippen LogP contribution in [0, 0.1) is 5.92 Å². The predicted octanol–water partition coefficient (Wildman–Crippen LogP) is 1.02. The van der Waals surface area contributed by atoms with Crippen LogP contribution in [0.25, 0.3) is 0 Å². The average Bonchev–Trinajstić information content (AvgIpc) is 2.11. The van der Waals surface area contributed by atoms with Gasteiger partial charge in [0, 0.05) is 6.61 Å². The second kappa shape index (κ2) is 6.35. The molecule has 0 aliphatic heterocycles. The fourth-order valence-electron chi connectivity index (χ4n) is 0.930. The minimum atomic E-state index is -0.291. The summed E-state index contributed by atoms with van der Waals surface area (Å²) in [7, 11) is 0. The number of hydrogen-bond donors (Lipinski definition) is 2. The van der Waals surface area contributed by atoms with Gasteiger partial charge in [-0.15, -0.1) is 0 Å². The summed E-state index contributed by atoms with van der Waals surface area (Å²) in [5, 5.41) is 12.5. The van der Waals surface area contributed by atoms with Crippen LogP contribution in [0.5, 0.6) is 0 Å². The van der Waals surface area contributed by atoms with Gasteiger partial charge in [-0.25, -0.2) is 0 Å². The van der Waals surface area contributed by atoms with Crippen molar-refractivity contribution in [2.45, 2.75) is 33.2 Å². The molecule has 0 aromatic carbocycles.